The molecule has 0 amide bonds. The zero-order chi connectivity index (χ0) is 15.7. The summed E-state index contributed by atoms with van der Waals surface area (Å²) < 4.78 is 5.98. The van der Waals surface area contributed by atoms with Gasteiger partial charge in [-0.3, -0.25) is 0 Å². The predicted octanol–water partition coefficient (Wildman–Crippen LogP) is 5.80. The Morgan fingerprint density at radius 2 is 1.90 bits per heavy atom. The number of hydrogen-bond acceptors (Lipinski definition) is 1. The highest BCUT2D eigenvalue weighted by atomic mass is 16.5. The summed E-state index contributed by atoms with van der Waals surface area (Å²) in [5, 5.41) is 0. The molecule has 0 heterocycles. The molecule has 116 valence electrons. The molecule has 0 saturated carbocycles. The van der Waals surface area contributed by atoms with E-state index in [1.807, 2.05) is 6.08 Å². The minimum Gasteiger partial charge on any atom is -0.372 e. The molecule has 0 fully saturated rings. The summed E-state index contributed by atoms with van der Waals surface area (Å²) in [5.41, 5.74) is 2.46. The summed E-state index contributed by atoms with van der Waals surface area (Å²) in [4.78, 5) is 0. The van der Waals surface area contributed by atoms with Crippen LogP contribution in [0.5, 0.6) is 0 Å². The summed E-state index contributed by atoms with van der Waals surface area (Å²) in [6.07, 6.45) is 9.70. The van der Waals surface area contributed by atoms with Crippen LogP contribution in [0.15, 0.2) is 43.0 Å². The highest BCUT2D eigenvalue weighted by Crippen LogP contribution is 2.20. The van der Waals surface area contributed by atoms with Crippen molar-refractivity contribution in [2.24, 2.45) is 5.92 Å². The van der Waals surface area contributed by atoms with Gasteiger partial charge in [-0.05, 0) is 45.1 Å². The third-order valence-electron chi connectivity index (χ3n) is 3.80. The van der Waals surface area contributed by atoms with Crippen LogP contribution in [0.1, 0.15) is 51.2 Å². The fourth-order valence-electron chi connectivity index (χ4n) is 2.18. The van der Waals surface area contributed by atoms with Crippen LogP contribution in [0.25, 0.3) is 6.08 Å². The quantitative estimate of drug-likeness (QED) is 0.522. The molecule has 0 N–H and O–H groups in total. The van der Waals surface area contributed by atoms with Crippen LogP contribution in [0.2, 0.25) is 0 Å². The molecule has 1 rings (SSSR count). The van der Waals surface area contributed by atoms with Crippen molar-refractivity contribution in [3.05, 3.63) is 54.1 Å². The van der Waals surface area contributed by atoms with Gasteiger partial charge in [-0.15, -0.1) is 6.58 Å². The molecule has 0 aliphatic carbocycles. The summed E-state index contributed by atoms with van der Waals surface area (Å²) in [7, 11) is 0. The lowest BCUT2D eigenvalue weighted by molar-refractivity contribution is -0.00909. The van der Waals surface area contributed by atoms with Gasteiger partial charge in [0, 0.05) is 0 Å². The largest absolute Gasteiger partial charge is 0.372 e. The number of allylic oxidation sites excluding steroid dienone is 1. The number of aryl methyl sites for hydroxylation is 1. The lowest BCUT2D eigenvalue weighted by Crippen LogP contribution is -2.24. The van der Waals surface area contributed by atoms with Crippen LogP contribution >= 0.6 is 0 Å². The van der Waals surface area contributed by atoms with E-state index in [9.17, 15) is 0 Å². The first-order valence-corrected chi connectivity index (χ1v) is 7.93. The Bertz CT molecular complexity index is 439. The topological polar surface area (TPSA) is 9.23 Å². The van der Waals surface area contributed by atoms with Crippen molar-refractivity contribution in [1.82, 2.24) is 0 Å². The molecule has 0 aliphatic heterocycles. The zero-order valence-electron chi connectivity index (χ0n) is 14.1. The maximum atomic E-state index is 5.98. The average Bonchev–Trinajstić information content (AvgIpc) is 2.45. The van der Waals surface area contributed by atoms with Crippen molar-refractivity contribution in [1.29, 1.82) is 0 Å². The standard InChI is InChI=1S/C20H30O/c1-6-17(2)9-7-15-20(4,5)21-16-8-10-19-13-11-18(3)12-14-19/h6,8,10-14,17H,1,7,9,15-16H2,2-5H3/b10-8+. The van der Waals surface area contributed by atoms with E-state index in [0.717, 1.165) is 6.42 Å². The summed E-state index contributed by atoms with van der Waals surface area (Å²) in [6, 6.07) is 8.53. The lowest BCUT2D eigenvalue weighted by Gasteiger charge is -2.25. The summed E-state index contributed by atoms with van der Waals surface area (Å²) in [6.45, 7) is 13.2. The molecular formula is C20H30O. The summed E-state index contributed by atoms with van der Waals surface area (Å²) in [5.74, 6) is 0.599. The number of ether oxygens (including phenoxy) is 1. The molecule has 1 atom stereocenters. The molecule has 1 aromatic rings. The van der Waals surface area contributed by atoms with Crippen LogP contribution in [0, 0.1) is 12.8 Å². The fourth-order valence-corrected chi connectivity index (χ4v) is 2.18. The first-order valence-electron chi connectivity index (χ1n) is 7.93. The van der Waals surface area contributed by atoms with E-state index in [1.165, 1.54) is 24.0 Å². The predicted molar refractivity (Wildman–Crippen MR) is 93.5 cm³/mol. The second-order valence-electron chi connectivity index (χ2n) is 6.49. The Balaban J connectivity index is 2.29. The maximum Gasteiger partial charge on any atom is 0.0657 e. The van der Waals surface area contributed by atoms with Gasteiger partial charge in [0.05, 0.1) is 12.2 Å². The maximum absolute atomic E-state index is 5.98. The summed E-state index contributed by atoms with van der Waals surface area (Å²) >= 11 is 0. The van der Waals surface area contributed by atoms with Crippen LogP contribution in [0.3, 0.4) is 0 Å². The van der Waals surface area contributed by atoms with Crippen LogP contribution in [-0.2, 0) is 4.74 Å². The van der Waals surface area contributed by atoms with E-state index >= 15 is 0 Å². The van der Waals surface area contributed by atoms with Gasteiger partial charge in [-0.25, -0.2) is 0 Å². The highest BCUT2D eigenvalue weighted by Gasteiger charge is 2.17. The first-order chi connectivity index (χ1) is 9.93. The fraction of sp³-hybridized carbons (Fsp3) is 0.500. The van der Waals surface area contributed by atoms with Crippen LogP contribution in [-0.4, -0.2) is 12.2 Å². The molecule has 0 saturated heterocycles. The number of rotatable bonds is 9. The van der Waals surface area contributed by atoms with E-state index in [-0.39, 0.29) is 5.60 Å². The molecule has 1 nitrogen and oxygen atoms in total. The normalized spacial score (nSPS) is 13.5. The number of hydrogen-bond donors (Lipinski definition) is 0. The second-order valence-corrected chi connectivity index (χ2v) is 6.49. The monoisotopic (exact) mass is 286 g/mol. The van der Waals surface area contributed by atoms with E-state index in [4.69, 9.17) is 4.74 Å². The molecule has 0 radical (unpaired) electrons. The minimum atomic E-state index is -0.0570. The molecule has 0 aromatic heterocycles. The Hall–Kier alpha value is -1.34. The van der Waals surface area contributed by atoms with E-state index < -0.39 is 0 Å². The van der Waals surface area contributed by atoms with Gasteiger partial charge in [-0.2, -0.15) is 0 Å². The van der Waals surface area contributed by atoms with Gasteiger partial charge < -0.3 is 4.74 Å². The Labute approximate surface area is 130 Å². The van der Waals surface area contributed by atoms with Gasteiger partial charge >= 0.3 is 0 Å². The molecule has 0 aliphatic rings. The van der Waals surface area contributed by atoms with Gasteiger partial charge in [0.25, 0.3) is 0 Å². The first kappa shape index (κ1) is 17.7. The van der Waals surface area contributed by atoms with E-state index in [0.29, 0.717) is 12.5 Å². The SMILES string of the molecule is C=CC(C)CCCC(C)(C)OC/C=C/c1ccc(C)cc1. The van der Waals surface area contributed by atoms with Gasteiger partial charge in [0.15, 0.2) is 0 Å². The van der Waals surface area contributed by atoms with Crippen molar-refractivity contribution in [3.8, 4) is 0 Å². The van der Waals surface area contributed by atoms with Crippen molar-refractivity contribution in [2.75, 3.05) is 6.61 Å². The van der Waals surface area contributed by atoms with Crippen molar-refractivity contribution >= 4 is 6.08 Å². The molecule has 21 heavy (non-hydrogen) atoms. The van der Waals surface area contributed by atoms with Crippen LogP contribution in [0.4, 0.5) is 0 Å². The third-order valence-corrected chi connectivity index (χ3v) is 3.80. The Morgan fingerprint density at radius 3 is 2.52 bits per heavy atom. The van der Waals surface area contributed by atoms with E-state index in [2.05, 4.69) is 70.7 Å². The van der Waals surface area contributed by atoms with E-state index in [1.54, 1.807) is 0 Å². The molecule has 0 spiro atoms. The minimum absolute atomic E-state index is 0.0570. The Kier molecular flexibility index (Phi) is 7.45. The van der Waals surface area contributed by atoms with Crippen molar-refractivity contribution < 1.29 is 4.74 Å². The smallest absolute Gasteiger partial charge is 0.0657 e. The van der Waals surface area contributed by atoms with Crippen LogP contribution < -0.4 is 0 Å². The molecular weight excluding hydrogens is 256 g/mol. The molecule has 1 aromatic carbocycles. The molecule has 0 bridgehead atoms. The lowest BCUT2D eigenvalue weighted by atomic mass is 9.97. The zero-order valence-corrected chi connectivity index (χ0v) is 14.1. The molecule has 1 unspecified atom stereocenters. The van der Waals surface area contributed by atoms with Gasteiger partial charge in [-0.1, -0.05) is 61.4 Å². The van der Waals surface area contributed by atoms with Crippen molar-refractivity contribution in [3.63, 3.8) is 0 Å². The van der Waals surface area contributed by atoms with Gasteiger partial charge in [0.1, 0.15) is 0 Å². The van der Waals surface area contributed by atoms with Gasteiger partial charge in [0.2, 0.25) is 0 Å². The van der Waals surface area contributed by atoms with Crippen molar-refractivity contribution in [2.45, 2.75) is 52.6 Å². The second kappa shape index (κ2) is 8.84. The molecule has 1 heteroatoms. The average molecular weight is 286 g/mol. The highest BCUT2D eigenvalue weighted by molar-refractivity contribution is 5.49. The third kappa shape index (κ3) is 7.87. The number of benzene rings is 1. The Morgan fingerprint density at radius 1 is 1.24 bits per heavy atom.